The average Bonchev–Trinajstić information content (AvgIpc) is 3.05. The van der Waals surface area contributed by atoms with Crippen LogP contribution in [0.1, 0.15) is 48.8 Å². The number of nitrogens with zero attached hydrogens (tertiary/aromatic N) is 1. The molecule has 4 rings (SSSR count). The minimum Gasteiger partial charge on any atom is -0.493 e. The van der Waals surface area contributed by atoms with Crippen LogP contribution >= 0.6 is 23.2 Å². The third kappa shape index (κ3) is 6.25. The van der Waals surface area contributed by atoms with Crippen molar-refractivity contribution < 1.29 is 22.4 Å². The van der Waals surface area contributed by atoms with Gasteiger partial charge in [-0.3, -0.25) is 9.54 Å². The molecule has 1 aliphatic heterocycles. The van der Waals surface area contributed by atoms with Gasteiger partial charge in [0.15, 0.2) is 11.5 Å². The van der Waals surface area contributed by atoms with Crippen LogP contribution in [0.3, 0.4) is 0 Å². The molecule has 1 aliphatic carbocycles. The molecule has 1 saturated carbocycles. The minimum atomic E-state index is -3.67. The molecule has 2 aliphatic rings. The summed E-state index contributed by atoms with van der Waals surface area (Å²) in [6, 6.07) is 4.18. The Labute approximate surface area is 193 Å². The van der Waals surface area contributed by atoms with E-state index in [9.17, 15) is 8.42 Å². The number of hydrogen-bond acceptors (Lipinski definition) is 5. The van der Waals surface area contributed by atoms with E-state index in [4.69, 9.17) is 37.2 Å². The normalized spacial score (nSPS) is 16.8. The highest BCUT2D eigenvalue weighted by molar-refractivity contribution is 7.85. The van der Waals surface area contributed by atoms with Gasteiger partial charge in [0.05, 0.1) is 23.4 Å². The van der Waals surface area contributed by atoms with Crippen molar-refractivity contribution in [2.75, 3.05) is 13.4 Å². The zero-order valence-electron chi connectivity index (χ0n) is 17.7. The fourth-order valence-electron chi connectivity index (χ4n) is 4.33. The van der Waals surface area contributed by atoms with Crippen LogP contribution in [0.25, 0.3) is 0 Å². The van der Waals surface area contributed by atoms with Crippen molar-refractivity contribution in [1.82, 2.24) is 4.98 Å². The summed E-state index contributed by atoms with van der Waals surface area (Å²) in [5, 5.41) is 1.25. The number of aromatic nitrogens is 1. The fourth-order valence-corrected chi connectivity index (χ4v) is 4.89. The molecule has 0 amide bonds. The topological polar surface area (TPSA) is 85.7 Å². The lowest BCUT2D eigenvalue weighted by molar-refractivity contribution is 0.0507. The molecule has 1 spiro atoms. The van der Waals surface area contributed by atoms with Crippen LogP contribution in [0, 0.1) is 0 Å². The van der Waals surface area contributed by atoms with E-state index in [0.717, 1.165) is 49.2 Å². The van der Waals surface area contributed by atoms with Crippen molar-refractivity contribution in [3.63, 3.8) is 0 Å². The quantitative estimate of drug-likeness (QED) is 0.586. The Kier molecular flexibility index (Phi) is 7.73. The van der Waals surface area contributed by atoms with Gasteiger partial charge in [-0.1, -0.05) is 35.7 Å². The molecule has 31 heavy (non-hydrogen) atoms. The first kappa shape index (κ1) is 24.1. The van der Waals surface area contributed by atoms with E-state index in [1.54, 1.807) is 19.5 Å². The summed E-state index contributed by atoms with van der Waals surface area (Å²) < 4.78 is 38.0. The number of fused-ring (bicyclic) bond motifs is 1. The molecular weight excluding hydrogens is 461 g/mol. The maximum absolute atomic E-state index is 9.19. The van der Waals surface area contributed by atoms with Crippen LogP contribution in [-0.4, -0.2) is 36.9 Å². The second-order valence-corrected chi connectivity index (χ2v) is 10.4. The number of rotatable bonds is 4. The standard InChI is InChI=1S/C21H23Cl2NO2.CH4O3S/c1-25-19-8-6-14(5-7-15-17(22)12-24-13-18(15)23)16-11-21(26-20(16)19)9-3-2-4-10-21;1-5(2,3)4/h6,8,12-13H,2-5,7,9-11H2,1H3;1H3,(H,2,3,4). The van der Waals surface area contributed by atoms with E-state index >= 15 is 0 Å². The van der Waals surface area contributed by atoms with Crippen molar-refractivity contribution in [2.45, 2.75) is 57.0 Å². The monoisotopic (exact) mass is 487 g/mol. The molecule has 0 bridgehead atoms. The molecule has 2 heterocycles. The predicted molar refractivity (Wildman–Crippen MR) is 122 cm³/mol. The molecule has 2 aromatic rings. The smallest absolute Gasteiger partial charge is 0.261 e. The Hall–Kier alpha value is -1.54. The average molecular weight is 488 g/mol. The summed E-state index contributed by atoms with van der Waals surface area (Å²) in [6.07, 6.45) is 12.7. The number of hydrogen-bond donors (Lipinski definition) is 1. The molecule has 1 aromatic carbocycles. The Morgan fingerprint density at radius 1 is 1.13 bits per heavy atom. The number of ether oxygens (including phenoxy) is 2. The van der Waals surface area contributed by atoms with Crippen molar-refractivity contribution >= 4 is 33.3 Å². The highest BCUT2D eigenvalue weighted by Gasteiger charge is 2.42. The lowest BCUT2D eigenvalue weighted by Gasteiger charge is -2.32. The van der Waals surface area contributed by atoms with Crippen molar-refractivity contribution in [3.8, 4) is 11.5 Å². The van der Waals surface area contributed by atoms with Crippen LogP contribution in [0.4, 0.5) is 0 Å². The number of pyridine rings is 1. The first-order valence-corrected chi connectivity index (χ1v) is 12.8. The lowest BCUT2D eigenvalue weighted by Crippen LogP contribution is -2.36. The Morgan fingerprint density at radius 2 is 1.74 bits per heavy atom. The first-order valence-electron chi connectivity index (χ1n) is 10.2. The van der Waals surface area contributed by atoms with Gasteiger partial charge in [-0.25, -0.2) is 0 Å². The van der Waals surface area contributed by atoms with E-state index in [0.29, 0.717) is 16.3 Å². The fraction of sp³-hybridized carbons (Fsp3) is 0.500. The highest BCUT2D eigenvalue weighted by Crippen LogP contribution is 2.49. The molecule has 1 fully saturated rings. The maximum Gasteiger partial charge on any atom is 0.261 e. The maximum atomic E-state index is 9.19. The minimum absolute atomic E-state index is 0.0318. The van der Waals surface area contributed by atoms with E-state index < -0.39 is 10.1 Å². The Balaban J connectivity index is 0.000000491. The molecule has 1 aromatic heterocycles. The number of methoxy groups -OCH3 is 1. The SMILES string of the molecule is COc1ccc(CCc2c(Cl)cncc2Cl)c2c1OC1(CCCCC1)C2.CS(=O)(=O)O. The lowest BCUT2D eigenvalue weighted by atomic mass is 9.81. The van der Waals surface area contributed by atoms with Gasteiger partial charge >= 0.3 is 0 Å². The molecule has 9 heteroatoms. The summed E-state index contributed by atoms with van der Waals surface area (Å²) in [4.78, 5) is 4.04. The predicted octanol–water partition coefficient (Wildman–Crippen LogP) is 5.32. The largest absolute Gasteiger partial charge is 0.493 e. The van der Waals surface area contributed by atoms with E-state index in [-0.39, 0.29) is 5.60 Å². The third-order valence-corrected chi connectivity index (χ3v) is 6.37. The number of aryl methyl sites for hydroxylation is 1. The molecule has 1 N–H and O–H groups in total. The molecule has 0 unspecified atom stereocenters. The third-order valence-electron chi connectivity index (χ3n) is 5.72. The van der Waals surface area contributed by atoms with Crippen LogP contribution in [0.5, 0.6) is 11.5 Å². The van der Waals surface area contributed by atoms with Gasteiger partial charge in [0, 0.05) is 24.4 Å². The van der Waals surface area contributed by atoms with Gasteiger partial charge in [-0.15, -0.1) is 0 Å². The molecule has 0 radical (unpaired) electrons. The molecule has 6 nitrogen and oxygen atoms in total. The van der Waals surface area contributed by atoms with Crippen LogP contribution in [-0.2, 0) is 29.4 Å². The summed E-state index contributed by atoms with van der Waals surface area (Å²) in [5.74, 6) is 1.78. The molecule has 0 saturated heterocycles. The summed E-state index contributed by atoms with van der Waals surface area (Å²) in [6.45, 7) is 0. The summed E-state index contributed by atoms with van der Waals surface area (Å²) >= 11 is 12.6. The van der Waals surface area contributed by atoms with Crippen molar-refractivity contribution in [3.05, 3.63) is 51.3 Å². The van der Waals surface area contributed by atoms with Gasteiger partial charge in [-0.05, 0) is 55.7 Å². The second kappa shape index (κ2) is 9.94. The second-order valence-electron chi connectivity index (χ2n) is 8.07. The summed E-state index contributed by atoms with van der Waals surface area (Å²) in [5.41, 5.74) is 3.52. The molecular formula is C22H27Cl2NO5S. The highest BCUT2D eigenvalue weighted by atomic mass is 35.5. The Morgan fingerprint density at radius 3 is 2.32 bits per heavy atom. The zero-order chi connectivity index (χ0) is 22.6. The van der Waals surface area contributed by atoms with Crippen LogP contribution in [0.15, 0.2) is 24.5 Å². The number of benzene rings is 1. The van der Waals surface area contributed by atoms with Crippen molar-refractivity contribution in [1.29, 1.82) is 0 Å². The van der Waals surface area contributed by atoms with Crippen LogP contribution in [0.2, 0.25) is 10.0 Å². The molecule has 170 valence electrons. The van der Waals surface area contributed by atoms with Gasteiger partial charge in [0.1, 0.15) is 5.60 Å². The van der Waals surface area contributed by atoms with Gasteiger partial charge in [0.2, 0.25) is 0 Å². The number of halogens is 2. The first-order chi connectivity index (χ1) is 14.6. The van der Waals surface area contributed by atoms with E-state index in [1.165, 1.54) is 30.4 Å². The summed E-state index contributed by atoms with van der Waals surface area (Å²) in [7, 11) is -1.96. The Bertz CT molecular complexity index is 1010. The van der Waals surface area contributed by atoms with Crippen molar-refractivity contribution in [2.24, 2.45) is 0 Å². The van der Waals surface area contributed by atoms with E-state index in [1.807, 2.05) is 6.07 Å². The van der Waals surface area contributed by atoms with Gasteiger partial charge in [-0.2, -0.15) is 8.42 Å². The van der Waals surface area contributed by atoms with Gasteiger partial charge < -0.3 is 9.47 Å². The molecule has 0 atom stereocenters. The van der Waals surface area contributed by atoms with E-state index in [2.05, 4.69) is 11.1 Å². The van der Waals surface area contributed by atoms with Gasteiger partial charge in [0.25, 0.3) is 10.1 Å². The van der Waals surface area contributed by atoms with Crippen LogP contribution < -0.4 is 9.47 Å². The zero-order valence-corrected chi connectivity index (χ0v) is 20.0.